The lowest BCUT2D eigenvalue weighted by atomic mass is 10.1. The largest absolute Gasteiger partial charge is 0.357 e. The molecule has 27 heavy (non-hydrogen) atoms. The van der Waals surface area contributed by atoms with Crippen LogP contribution in [0.2, 0.25) is 0 Å². The molecule has 3 aromatic carbocycles. The number of nitrogens with zero attached hydrogens (tertiary/aromatic N) is 2. The van der Waals surface area contributed by atoms with E-state index in [9.17, 15) is 0 Å². The summed E-state index contributed by atoms with van der Waals surface area (Å²) in [6.45, 7) is 4.31. The van der Waals surface area contributed by atoms with Crippen LogP contribution >= 0.6 is 0 Å². The maximum atomic E-state index is 8.50. The molecule has 0 fully saturated rings. The van der Waals surface area contributed by atoms with Gasteiger partial charge < -0.3 is 9.47 Å². The molecular weight excluding hydrogens is 330 g/mol. The van der Waals surface area contributed by atoms with Crippen molar-refractivity contribution in [1.82, 2.24) is 9.47 Å². The summed E-state index contributed by atoms with van der Waals surface area (Å²) in [6, 6.07) is 25.8. The van der Waals surface area contributed by atoms with Crippen LogP contribution in [0.25, 0.3) is 27.5 Å². The number of para-hydroxylation sites is 2. The zero-order valence-electron chi connectivity index (χ0n) is 16.1. The molecule has 4 rings (SSSR count). The maximum Gasteiger partial charge on any atom is 0.128 e. The Kier molecular flexibility index (Phi) is 4.44. The Morgan fingerprint density at radius 3 is 1.93 bits per heavy atom. The summed E-state index contributed by atoms with van der Waals surface area (Å²) < 4.78 is 2.30. The highest BCUT2D eigenvalue weighted by Crippen LogP contribution is 2.31. The monoisotopic (exact) mass is 355 g/mol. The molecule has 136 valence electrons. The molecule has 0 spiro atoms. The molecule has 1 aromatic heterocycles. The van der Waals surface area contributed by atoms with E-state index in [4.69, 9.17) is 5.41 Å². The fraction of sp³-hybridized carbons (Fsp3) is 0.208. The van der Waals surface area contributed by atoms with Crippen molar-refractivity contribution in [3.63, 3.8) is 0 Å². The van der Waals surface area contributed by atoms with Gasteiger partial charge in [0.05, 0.1) is 11.0 Å². The first-order valence-corrected chi connectivity index (χ1v) is 9.52. The number of fused-ring (bicyclic) bond motifs is 3. The second-order valence-corrected chi connectivity index (χ2v) is 7.13. The Morgan fingerprint density at radius 2 is 1.41 bits per heavy atom. The van der Waals surface area contributed by atoms with Gasteiger partial charge in [0.1, 0.15) is 5.84 Å². The number of aromatic nitrogens is 1. The van der Waals surface area contributed by atoms with Gasteiger partial charge in [-0.15, -0.1) is 0 Å². The van der Waals surface area contributed by atoms with Crippen LogP contribution in [-0.2, 0) is 0 Å². The van der Waals surface area contributed by atoms with Crippen molar-refractivity contribution >= 4 is 27.6 Å². The second kappa shape index (κ2) is 6.92. The van der Waals surface area contributed by atoms with Crippen molar-refractivity contribution in [2.75, 3.05) is 7.05 Å². The van der Waals surface area contributed by atoms with Gasteiger partial charge in [-0.1, -0.05) is 43.3 Å². The smallest absolute Gasteiger partial charge is 0.128 e. The van der Waals surface area contributed by atoms with Crippen LogP contribution in [0, 0.1) is 5.41 Å². The summed E-state index contributed by atoms with van der Waals surface area (Å²) in [5.41, 5.74) is 4.48. The van der Waals surface area contributed by atoms with Crippen molar-refractivity contribution in [1.29, 1.82) is 5.41 Å². The predicted molar refractivity (Wildman–Crippen MR) is 115 cm³/mol. The molecule has 1 N–H and O–H groups in total. The van der Waals surface area contributed by atoms with E-state index in [0.717, 1.165) is 17.7 Å². The van der Waals surface area contributed by atoms with Crippen molar-refractivity contribution < 1.29 is 0 Å². The quantitative estimate of drug-likeness (QED) is 0.362. The summed E-state index contributed by atoms with van der Waals surface area (Å²) >= 11 is 0. The van der Waals surface area contributed by atoms with E-state index in [1.807, 2.05) is 11.9 Å². The summed E-state index contributed by atoms with van der Waals surface area (Å²) in [5, 5.41) is 11.0. The van der Waals surface area contributed by atoms with Crippen LogP contribution in [0.5, 0.6) is 0 Å². The third-order valence-corrected chi connectivity index (χ3v) is 5.58. The number of benzene rings is 3. The number of rotatable bonds is 4. The first-order valence-electron chi connectivity index (χ1n) is 9.52. The van der Waals surface area contributed by atoms with E-state index in [1.54, 1.807) is 0 Å². The first kappa shape index (κ1) is 17.3. The highest BCUT2D eigenvalue weighted by Gasteiger charge is 2.14. The molecule has 0 saturated heterocycles. The molecule has 0 aliphatic rings. The van der Waals surface area contributed by atoms with Gasteiger partial charge in [-0.3, -0.25) is 5.41 Å². The van der Waals surface area contributed by atoms with Crippen LogP contribution in [0.15, 0.2) is 72.8 Å². The van der Waals surface area contributed by atoms with E-state index in [1.165, 1.54) is 21.8 Å². The van der Waals surface area contributed by atoms with Gasteiger partial charge in [0.25, 0.3) is 0 Å². The fourth-order valence-corrected chi connectivity index (χ4v) is 3.67. The average Bonchev–Trinajstić information content (AvgIpc) is 3.06. The van der Waals surface area contributed by atoms with Crippen molar-refractivity contribution in [3.8, 4) is 5.69 Å². The van der Waals surface area contributed by atoms with Gasteiger partial charge in [0, 0.05) is 35.1 Å². The zero-order valence-corrected chi connectivity index (χ0v) is 16.1. The van der Waals surface area contributed by atoms with Crippen molar-refractivity contribution in [3.05, 3.63) is 78.4 Å². The highest BCUT2D eigenvalue weighted by molar-refractivity contribution is 6.09. The van der Waals surface area contributed by atoms with E-state index >= 15 is 0 Å². The highest BCUT2D eigenvalue weighted by atomic mass is 15.2. The van der Waals surface area contributed by atoms with Gasteiger partial charge in [-0.05, 0) is 49.7 Å². The topological polar surface area (TPSA) is 32.0 Å². The van der Waals surface area contributed by atoms with Gasteiger partial charge in [-0.25, -0.2) is 0 Å². The fourth-order valence-electron chi connectivity index (χ4n) is 3.67. The van der Waals surface area contributed by atoms with Gasteiger partial charge in [-0.2, -0.15) is 0 Å². The number of nitrogens with one attached hydrogen (secondary N) is 1. The maximum absolute atomic E-state index is 8.50. The summed E-state index contributed by atoms with van der Waals surface area (Å²) in [6.07, 6.45) is 1.03. The lowest BCUT2D eigenvalue weighted by Crippen LogP contribution is -2.34. The average molecular weight is 355 g/mol. The number of hydrogen-bond donors (Lipinski definition) is 1. The molecule has 4 aromatic rings. The van der Waals surface area contributed by atoms with Crippen LogP contribution in [-0.4, -0.2) is 28.4 Å². The Labute approximate surface area is 160 Å². The Bertz CT molecular complexity index is 1050. The van der Waals surface area contributed by atoms with Gasteiger partial charge >= 0.3 is 0 Å². The standard InChI is InChI=1S/C24H25N3/c1-4-17(2)26(3)24(25)18-13-15-19(16-14-18)27-22-11-7-5-9-20(22)21-10-6-8-12-23(21)27/h5-17,25H,4H2,1-3H3. The molecule has 1 unspecified atom stereocenters. The summed E-state index contributed by atoms with van der Waals surface area (Å²) in [5.74, 6) is 0.568. The second-order valence-electron chi connectivity index (χ2n) is 7.13. The first-order chi connectivity index (χ1) is 13.1. The lowest BCUT2D eigenvalue weighted by molar-refractivity contribution is 0.379. The van der Waals surface area contributed by atoms with E-state index in [2.05, 4.69) is 91.2 Å². The molecule has 1 heterocycles. The van der Waals surface area contributed by atoms with Gasteiger partial charge in [0.2, 0.25) is 0 Å². The minimum absolute atomic E-state index is 0.356. The Morgan fingerprint density at radius 1 is 0.889 bits per heavy atom. The third kappa shape index (κ3) is 2.89. The molecule has 0 aliphatic heterocycles. The lowest BCUT2D eigenvalue weighted by Gasteiger charge is -2.26. The number of amidine groups is 1. The molecule has 3 heteroatoms. The zero-order chi connectivity index (χ0) is 19.0. The molecule has 0 radical (unpaired) electrons. The van der Waals surface area contributed by atoms with E-state index < -0.39 is 0 Å². The van der Waals surface area contributed by atoms with E-state index in [0.29, 0.717) is 11.9 Å². The minimum Gasteiger partial charge on any atom is -0.357 e. The normalized spacial score (nSPS) is 12.4. The summed E-state index contributed by atoms with van der Waals surface area (Å²) in [4.78, 5) is 2.04. The molecule has 0 saturated carbocycles. The van der Waals surface area contributed by atoms with Crippen molar-refractivity contribution in [2.24, 2.45) is 0 Å². The number of hydrogen-bond acceptors (Lipinski definition) is 1. The van der Waals surface area contributed by atoms with E-state index in [-0.39, 0.29) is 0 Å². The predicted octanol–water partition coefficient (Wildman–Crippen LogP) is 5.84. The van der Waals surface area contributed by atoms with Crippen LogP contribution in [0.4, 0.5) is 0 Å². The Balaban J connectivity index is 1.80. The third-order valence-electron chi connectivity index (χ3n) is 5.58. The summed E-state index contributed by atoms with van der Waals surface area (Å²) in [7, 11) is 2.00. The SMILES string of the molecule is CCC(C)N(C)C(=N)c1ccc(-n2c3ccccc3c3ccccc32)cc1. The molecule has 0 amide bonds. The van der Waals surface area contributed by atoms with Crippen molar-refractivity contribution in [2.45, 2.75) is 26.3 Å². The molecule has 0 bridgehead atoms. The Hall–Kier alpha value is -3.07. The van der Waals surface area contributed by atoms with Crippen LogP contribution in [0.3, 0.4) is 0 Å². The van der Waals surface area contributed by atoms with Gasteiger partial charge in [0.15, 0.2) is 0 Å². The molecule has 0 aliphatic carbocycles. The minimum atomic E-state index is 0.356. The van der Waals surface area contributed by atoms with Crippen LogP contribution in [0.1, 0.15) is 25.8 Å². The molecular formula is C24H25N3. The molecule has 1 atom stereocenters. The molecule has 3 nitrogen and oxygen atoms in total. The van der Waals surface area contributed by atoms with Crippen LogP contribution < -0.4 is 0 Å².